The summed E-state index contributed by atoms with van der Waals surface area (Å²) in [4.78, 5) is 19.9. The molecule has 148 valence electrons. The van der Waals surface area contributed by atoms with Gasteiger partial charge in [0, 0.05) is 31.2 Å². The minimum Gasteiger partial charge on any atom is -0.356 e. The Morgan fingerprint density at radius 1 is 0.931 bits per heavy atom. The van der Waals surface area contributed by atoms with Crippen LogP contribution in [0.1, 0.15) is 41.3 Å². The summed E-state index contributed by atoms with van der Waals surface area (Å²) in [6, 6.07) is 24.4. The van der Waals surface area contributed by atoms with E-state index in [1.165, 1.54) is 11.1 Å². The van der Waals surface area contributed by atoms with Gasteiger partial charge >= 0.3 is 0 Å². The highest BCUT2D eigenvalue weighted by molar-refractivity contribution is 5.99. The van der Waals surface area contributed by atoms with E-state index < -0.39 is 0 Å². The van der Waals surface area contributed by atoms with Gasteiger partial charge < -0.3 is 10.2 Å². The van der Waals surface area contributed by atoms with E-state index in [4.69, 9.17) is 0 Å². The van der Waals surface area contributed by atoms with Gasteiger partial charge in [-0.15, -0.1) is 0 Å². The monoisotopic (exact) mass is 385 g/mol. The zero-order valence-electron chi connectivity index (χ0n) is 16.8. The van der Waals surface area contributed by atoms with Crippen molar-refractivity contribution in [2.75, 3.05) is 24.5 Å². The second-order valence-corrected chi connectivity index (χ2v) is 7.82. The highest BCUT2D eigenvalue weighted by Gasteiger charge is 2.30. The largest absolute Gasteiger partial charge is 0.356 e. The van der Waals surface area contributed by atoms with Crippen molar-refractivity contribution in [1.29, 1.82) is 0 Å². The van der Waals surface area contributed by atoms with E-state index in [0.717, 1.165) is 31.7 Å². The Bertz CT molecular complexity index is 911. The summed E-state index contributed by atoms with van der Waals surface area (Å²) in [5, 5.41) is 3.19. The summed E-state index contributed by atoms with van der Waals surface area (Å²) in [6.45, 7) is 4.61. The molecule has 1 amide bonds. The number of nitrogens with zero attached hydrogens (tertiary/aromatic N) is 2. The number of benzene rings is 2. The summed E-state index contributed by atoms with van der Waals surface area (Å²) in [5.41, 5.74) is 2.68. The first-order chi connectivity index (χ1) is 14.2. The number of hydrogen-bond donors (Lipinski definition) is 1. The SMILES string of the molecule is CC(CNC(=O)c1cccnc1N1CCCC1)(c1ccccc1)c1ccccc1. The molecule has 4 heteroatoms. The number of carbonyl (C=O) groups excluding carboxylic acids is 1. The Balaban J connectivity index is 1.60. The van der Waals surface area contributed by atoms with E-state index in [1.54, 1.807) is 6.20 Å². The van der Waals surface area contributed by atoms with Crippen LogP contribution in [0, 0.1) is 0 Å². The first-order valence-corrected chi connectivity index (χ1v) is 10.3. The van der Waals surface area contributed by atoms with Crippen molar-refractivity contribution in [2.24, 2.45) is 0 Å². The predicted molar refractivity (Wildman–Crippen MR) is 117 cm³/mol. The van der Waals surface area contributed by atoms with Gasteiger partial charge in [0.1, 0.15) is 5.82 Å². The summed E-state index contributed by atoms with van der Waals surface area (Å²) >= 11 is 0. The van der Waals surface area contributed by atoms with Crippen molar-refractivity contribution in [1.82, 2.24) is 10.3 Å². The third-order valence-electron chi connectivity index (χ3n) is 5.86. The average Bonchev–Trinajstić information content (AvgIpc) is 3.33. The van der Waals surface area contributed by atoms with Crippen molar-refractivity contribution in [3.63, 3.8) is 0 Å². The molecule has 1 N–H and O–H groups in total. The van der Waals surface area contributed by atoms with E-state index in [1.807, 2.05) is 48.5 Å². The van der Waals surface area contributed by atoms with Crippen LogP contribution in [0.2, 0.25) is 0 Å². The fourth-order valence-corrected chi connectivity index (χ4v) is 4.09. The summed E-state index contributed by atoms with van der Waals surface area (Å²) < 4.78 is 0. The lowest BCUT2D eigenvalue weighted by Crippen LogP contribution is -2.40. The van der Waals surface area contributed by atoms with Crippen LogP contribution >= 0.6 is 0 Å². The number of amides is 1. The number of nitrogens with one attached hydrogen (secondary N) is 1. The highest BCUT2D eigenvalue weighted by atomic mass is 16.1. The van der Waals surface area contributed by atoms with Crippen LogP contribution in [0.25, 0.3) is 0 Å². The second kappa shape index (κ2) is 8.48. The van der Waals surface area contributed by atoms with Gasteiger partial charge in [-0.3, -0.25) is 4.79 Å². The molecule has 2 heterocycles. The smallest absolute Gasteiger partial charge is 0.255 e. The van der Waals surface area contributed by atoms with Crippen molar-refractivity contribution < 1.29 is 4.79 Å². The Hall–Kier alpha value is -3.14. The molecule has 1 saturated heterocycles. The van der Waals surface area contributed by atoms with Gasteiger partial charge in [-0.25, -0.2) is 4.98 Å². The van der Waals surface area contributed by atoms with Crippen LogP contribution < -0.4 is 10.2 Å². The third kappa shape index (κ3) is 4.02. The molecule has 0 bridgehead atoms. The summed E-state index contributed by atoms with van der Waals surface area (Å²) in [7, 11) is 0. The maximum Gasteiger partial charge on any atom is 0.255 e. The van der Waals surface area contributed by atoms with E-state index in [-0.39, 0.29) is 11.3 Å². The van der Waals surface area contributed by atoms with Gasteiger partial charge in [0.2, 0.25) is 0 Å². The van der Waals surface area contributed by atoms with E-state index in [9.17, 15) is 4.79 Å². The second-order valence-electron chi connectivity index (χ2n) is 7.82. The highest BCUT2D eigenvalue weighted by Crippen LogP contribution is 2.31. The average molecular weight is 386 g/mol. The molecule has 0 unspecified atom stereocenters. The van der Waals surface area contributed by atoms with Gasteiger partial charge in [0.05, 0.1) is 5.56 Å². The molecule has 0 aliphatic carbocycles. The Morgan fingerprint density at radius 3 is 2.10 bits per heavy atom. The quantitative estimate of drug-likeness (QED) is 0.683. The molecule has 1 aromatic heterocycles. The van der Waals surface area contributed by atoms with Crippen molar-refractivity contribution in [2.45, 2.75) is 25.2 Å². The number of rotatable bonds is 6. The van der Waals surface area contributed by atoms with Crippen LogP contribution in [0.3, 0.4) is 0 Å². The maximum atomic E-state index is 13.2. The molecule has 4 rings (SSSR count). The van der Waals surface area contributed by atoms with Crippen molar-refractivity contribution >= 4 is 11.7 Å². The van der Waals surface area contributed by atoms with Gasteiger partial charge in [0.15, 0.2) is 0 Å². The van der Waals surface area contributed by atoms with Crippen LogP contribution in [0.5, 0.6) is 0 Å². The van der Waals surface area contributed by atoms with Crippen LogP contribution in [-0.2, 0) is 5.41 Å². The first-order valence-electron chi connectivity index (χ1n) is 10.3. The van der Waals surface area contributed by atoms with Crippen LogP contribution in [0.15, 0.2) is 79.0 Å². The molecule has 4 nitrogen and oxygen atoms in total. The van der Waals surface area contributed by atoms with Gasteiger partial charge in [-0.05, 0) is 43.0 Å². The molecule has 3 aromatic rings. The van der Waals surface area contributed by atoms with Gasteiger partial charge in [-0.2, -0.15) is 0 Å². The topological polar surface area (TPSA) is 45.2 Å². The lowest BCUT2D eigenvalue weighted by atomic mass is 9.76. The first kappa shape index (κ1) is 19.2. The number of pyridine rings is 1. The van der Waals surface area contributed by atoms with E-state index in [2.05, 4.69) is 46.4 Å². The Labute approximate surface area is 172 Å². The molecule has 29 heavy (non-hydrogen) atoms. The lowest BCUT2D eigenvalue weighted by Gasteiger charge is -2.31. The molecular weight excluding hydrogens is 358 g/mol. The number of aromatic nitrogens is 1. The van der Waals surface area contributed by atoms with Crippen molar-refractivity contribution in [3.05, 3.63) is 95.7 Å². The summed E-state index contributed by atoms with van der Waals surface area (Å²) in [6.07, 6.45) is 4.07. The predicted octanol–water partition coefficient (Wildman–Crippen LogP) is 4.42. The molecule has 0 radical (unpaired) electrons. The normalized spacial score (nSPS) is 14.0. The zero-order chi connectivity index (χ0) is 20.1. The number of hydrogen-bond acceptors (Lipinski definition) is 3. The van der Waals surface area contributed by atoms with E-state index in [0.29, 0.717) is 12.1 Å². The molecule has 2 aromatic carbocycles. The molecule has 1 aliphatic heterocycles. The molecule has 0 spiro atoms. The van der Waals surface area contributed by atoms with Crippen molar-refractivity contribution in [3.8, 4) is 0 Å². The zero-order valence-corrected chi connectivity index (χ0v) is 16.8. The standard InChI is InChI=1S/C25H27N3O/c1-25(20-11-4-2-5-12-20,21-13-6-3-7-14-21)19-27-24(29)22-15-10-16-26-23(22)28-17-8-9-18-28/h2-7,10-16H,8-9,17-19H2,1H3,(H,27,29). The number of anilines is 1. The fraction of sp³-hybridized carbons (Fsp3) is 0.280. The van der Waals surface area contributed by atoms with Gasteiger partial charge in [-0.1, -0.05) is 60.7 Å². The number of carbonyl (C=O) groups is 1. The molecule has 1 aliphatic rings. The summed E-state index contributed by atoms with van der Waals surface area (Å²) in [5.74, 6) is 0.724. The lowest BCUT2D eigenvalue weighted by molar-refractivity contribution is 0.0947. The van der Waals surface area contributed by atoms with E-state index >= 15 is 0 Å². The third-order valence-corrected chi connectivity index (χ3v) is 5.86. The fourth-order valence-electron chi connectivity index (χ4n) is 4.09. The molecule has 0 atom stereocenters. The molecule has 1 fully saturated rings. The van der Waals surface area contributed by atoms with Gasteiger partial charge in [0.25, 0.3) is 5.91 Å². The minimum absolute atomic E-state index is 0.0712. The Morgan fingerprint density at radius 2 is 1.52 bits per heavy atom. The molecule has 0 saturated carbocycles. The molecular formula is C25H27N3O. The van der Waals surface area contributed by atoms with Crippen LogP contribution in [-0.4, -0.2) is 30.5 Å². The Kier molecular flexibility index (Phi) is 5.61. The minimum atomic E-state index is -0.325. The van der Waals surface area contributed by atoms with Crippen LogP contribution in [0.4, 0.5) is 5.82 Å². The maximum absolute atomic E-state index is 13.2.